The van der Waals surface area contributed by atoms with Crippen LogP contribution in [-0.4, -0.2) is 17.9 Å². The third-order valence-electron chi connectivity index (χ3n) is 10.4. The Bertz CT molecular complexity index is 2220. The van der Waals surface area contributed by atoms with E-state index in [0.717, 1.165) is 52.1 Å². The molecule has 1 unspecified atom stereocenters. The SMILES string of the molecule is CC1=C[C](C)([Ti]([O]C(=O)c2cccc3ccccc23)([O]C(=O)c2cccc3ccccc23)[O]C(=O)c2cccc3ccccc23)C2=C1CCCC2. The van der Waals surface area contributed by atoms with Crippen LogP contribution in [-0.2, 0) is 27.7 Å². The summed E-state index contributed by atoms with van der Waals surface area (Å²) in [5.74, 6) is -2.12. The molecule has 0 heterocycles. The van der Waals surface area contributed by atoms with Gasteiger partial charge in [-0.05, 0) is 0 Å². The number of carbonyl (C=O) groups excluding carboxylic acids is 3. The molecule has 2 aliphatic carbocycles. The van der Waals surface area contributed by atoms with Gasteiger partial charge in [-0.25, -0.2) is 0 Å². The zero-order chi connectivity index (χ0) is 35.2. The Labute approximate surface area is 301 Å². The molecule has 0 aliphatic heterocycles. The Morgan fingerprint density at radius 1 is 0.529 bits per heavy atom. The molecule has 0 bridgehead atoms. The summed E-state index contributed by atoms with van der Waals surface area (Å²) in [6.45, 7) is 3.96. The van der Waals surface area contributed by atoms with Crippen LogP contribution in [0.2, 0.25) is 3.72 Å². The van der Waals surface area contributed by atoms with Crippen molar-refractivity contribution in [2.45, 2.75) is 43.3 Å². The van der Waals surface area contributed by atoms with E-state index in [1.807, 2.05) is 111 Å². The average Bonchev–Trinajstić information content (AvgIpc) is 3.44. The Morgan fingerprint density at radius 3 is 1.33 bits per heavy atom. The van der Waals surface area contributed by atoms with E-state index in [-0.39, 0.29) is 0 Å². The van der Waals surface area contributed by atoms with E-state index >= 15 is 0 Å². The van der Waals surface area contributed by atoms with E-state index in [2.05, 4.69) is 0 Å². The van der Waals surface area contributed by atoms with Crippen LogP contribution in [0, 0.1) is 0 Å². The van der Waals surface area contributed by atoms with Gasteiger partial charge < -0.3 is 0 Å². The molecular weight excluding hydrogens is 672 g/mol. The quantitative estimate of drug-likeness (QED) is 0.154. The zero-order valence-electron chi connectivity index (χ0n) is 28.5. The molecule has 252 valence electrons. The van der Waals surface area contributed by atoms with Gasteiger partial charge in [0.05, 0.1) is 0 Å². The van der Waals surface area contributed by atoms with Gasteiger partial charge in [-0.15, -0.1) is 0 Å². The summed E-state index contributed by atoms with van der Waals surface area (Å²) in [6.07, 6.45) is 5.50. The van der Waals surface area contributed by atoms with Gasteiger partial charge in [0.15, 0.2) is 0 Å². The number of hydrogen-bond donors (Lipinski definition) is 0. The second-order valence-corrected chi connectivity index (χ2v) is 17.8. The molecule has 6 nitrogen and oxygen atoms in total. The third-order valence-corrected chi connectivity index (χ3v) is 15.2. The Morgan fingerprint density at radius 2 is 0.902 bits per heavy atom. The summed E-state index contributed by atoms with van der Waals surface area (Å²) in [4.78, 5) is 44.0. The standard InChI is InChI=1S/3C11H8O2.C11H15.Ti/c3*12-11(13)10-7-3-5-8-4-1-2-6-9(8)10;1-8-7-9(2)11-6-4-3-5-10(8)11;/h3*1-7H,(H,12,13);7H,3-6H2,1-2H3;/q;;;;+3/p-3. The summed E-state index contributed by atoms with van der Waals surface area (Å²) in [7, 11) is 0. The van der Waals surface area contributed by atoms with Crippen LogP contribution in [0.3, 0.4) is 0 Å². The molecular formula is C44H36O6Ti. The molecule has 6 aromatic carbocycles. The first kappa shape index (κ1) is 32.9. The van der Waals surface area contributed by atoms with Crippen molar-refractivity contribution in [1.82, 2.24) is 0 Å². The molecule has 7 heteroatoms. The van der Waals surface area contributed by atoms with Crippen LogP contribution in [0.1, 0.15) is 70.6 Å². The van der Waals surface area contributed by atoms with Gasteiger partial charge in [-0.2, -0.15) is 0 Å². The maximum atomic E-state index is 14.7. The summed E-state index contributed by atoms with van der Waals surface area (Å²) in [5, 5.41) is 4.61. The molecule has 8 rings (SSSR count). The average molecular weight is 709 g/mol. The van der Waals surface area contributed by atoms with Gasteiger partial charge >= 0.3 is 302 Å². The second-order valence-electron chi connectivity index (χ2n) is 13.5. The summed E-state index contributed by atoms with van der Waals surface area (Å²) < 4.78 is 19.0. The first-order valence-electron chi connectivity index (χ1n) is 17.3. The number of rotatable bonds is 7. The molecule has 0 amide bonds. The molecule has 0 aromatic heterocycles. The molecule has 0 N–H and O–H groups in total. The Hall–Kier alpha value is -5.30. The van der Waals surface area contributed by atoms with Crippen molar-refractivity contribution >= 4 is 50.2 Å². The number of fused-ring (bicyclic) bond motifs is 3. The minimum atomic E-state index is -5.62. The molecule has 0 saturated carbocycles. The van der Waals surface area contributed by atoms with Crippen molar-refractivity contribution < 1.29 is 42.1 Å². The van der Waals surface area contributed by atoms with Gasteiger partial charge in [0, 0.05) is 0 Å². The molecule has 0 fully saturated rings. The normalized spacial score (nSPS) is 17.3. The summed E-state index contributed by atoms with van der Waals surface area (Å²) >= 11 is -5.62. The second kappa shape index (κ2) is 13.1. The predicted molar refractivity (Wildman–Crippen MR) is 196 cm³/mol. The molecule has 2 aliphatic rings. The van der Waals surface area contributed by atoms with Crippen LogP contribution >= 0.6 is 0 Å². The van der Waals surface area contributed by atoms with E-state index in [4.69, 9.17) is 9.96 Å². The van der Waals surface area contributed by atoms with Crippen LogP contribution < -0.4 is 0 Å². The van der Waals surface area contributed by atoms with Gasteiger partial charge in [-0.1, -0.05) is 0 Å². The monoisotopic (exact) mass is 708 g/mol. The number of benzene rings is 6. The van der Waals surface area contributed by atoms with E-state index in [1.165, 1.54) is 0 Å². The fourth-order valence-electron chi connectivity index (χ4n) is 7.92. The van der Waals surface area contributed by atoms with E-state index < -0.39 is 39.4 Å². The van der Waals surface area contributed by atoms with Crippen molar-refractivity contribution in [3.8, 4) is 0 Å². The number of hydrogen-bond acceptors (Lipinski definition) is 6. The van der Waals surface area contributed by atoms with Crippen LogP contribution in [0.4, 0.5) is 0 Å². The third kappa shape index (κ3) is 5.69. The molecule has 1 atom stereocenters. The van der Waals surface area contributed by atoms with Crippen molar-refractivity contribution in [3.63, 3.8) is 0 Å². The van der Waals surface area contributed by atoms with E-state index in [0.29, 0.717) is 39.3 Å². The maximum absolute atomic E-state index is 14.7. The molecule has 0 saturated heterocycles. The number of carbonyl (C=O) groups is 3. The van der Waals surface area contributed by atoms with Crippen LogP contribution in [0.5, 0.6) is 0 Å². The van der Waals surface area contributed by atoms with Crippen molar-refractivity contribution in [3.05, 3.63) is 167 Å². The summed E-state index contributed by atoms with van der Waals surface area (Å²) in [5.41, 5.74) is 4.07. The molecule has 0 spiro atoms. The Kier molecular flexibility index (Phi) is 8.45. The van der Waals surface area contributed by atoms with Gasteiger partial charge in [-0.3, -0.25) is 0 Å². The molecule has 51 heavy (non-hydrogen) atoms. The minimum absolute atomic E-state index is 0.297. The van der Waals surface area contributed by atoms with E-state index in [9.17, 15) is 14.4 Å². The first-order chi connectivity index (χ1) is 24.8. The van der Waals surface area contributed by atoms with Gasteiger partial charge in [0.25, 0.3) is 0 Å². The van der Waals surface area contributed by atoms with Crippen LogP contribution in [0.15, 0.2) is 150 Å². The van der Waals surface area contributed by atoms with Gasteiger partial charge in [0.2, 0.25) is 0 Å². The topological polar surface area (TPSA) is 78.9 Å². The fourth-order valence-corrected chi connectivity index (χ4v) is 12.4. The molecule has 6 aromatic rings. The molecule has 0 radical (unpaired) electrons. The first-order valence-corrected chi connectivity index (χ1v) is 20.0. The zero-order valence-corrected chi connectivity index (χ0v) is 30.0. The number of allylic oxidation sites excluding steroid dienone is 4. The van der Waals surface area contributed by atoms with E-state index in [1.54, 1.807) is 36.4 Å². The predicted octanol–water partition coefficient (Wildman–Crippen LogP) is 10.9. The fraction of sp³-hybridized carbons (Fsp3) is 0.159. The van der Waals surface area contributed by atoms with Crippen molar-refractivity contribution in [2.75, 3.05) is 0 Å². The van der Waals surface area contributed by atoms with Gasteiger partial charge in [0.1, 0.15) is 0 Å². The van der Waals surface area contributed by atoms with Crippen LogP contribution in [0.25, 0.3) is 32.3 Å². The van der Waals surface area contributed by atoms with Crippen molar-refractivity contribution in [2.24, 2.45) is 0 Å². The van der Waals surface area contributed by atoms with Crippen molar-refractivity contribution in [1.29, 1.82) is 0 Å². The Balaban J connectivity index is 1.34. The summed E-state index contributed by atoms with van der Waals surface area (Å²) in [6, 6.07) is 38.9.